The van der Waals surface area contributed by atoms with E-state index in [1.807, 2.05) is 24.3 Å². The van der Waals surface area contributed by atoms with Gasteiger partial charge in [0.15, 0.2) is 5.69 Å². The number of aromatic nitrogens is 3. The first-order chi connectivity index (χ1) is 9.30. The molecule has 98 valence electrons. The van der Waals surface area contributed by atoms with Crippen LogP contribution in [-0.4, -0.2) is 22.1 Å². The van der Waals surface area contributed by atoms with Crippen LogP contribution in [0.2, 0.25) is 0 Å². The summed E-state index contributed by atoms with van der Waals surface area (Å²) in [5.74, 6) is 0.754. The lowest BCUT2D eigenvalue weighted by atomic mass is 10.1. The fourth-order valence-corrected chi connectivity index (χ4v) is 1.91. The molecular formula is C14H16N4O. The summed E-state index contributed by atoms with van der Waals surface area (Å²) in [7, 11) is 1.62. The number of nitrogens with zero attached hydrogens (tertiary/aromatic N) is 4. The van der Waals surface area contributed by atoms with E-state index in [2.05, 4.69) is 23.3 Å². The third-order valence-electron chi connectivity index (χ3n) is 2.91. The number of unbranched alkanes of at least 4 members (excludes halogenated alkanes) is 1. The predicted molar refractivity (Wildman–Crippen MR) is 71.6 cm³/mol. The molecule has 0 fully saturated rings. The first-order valence-corrected chi connectivity index (χ1v) is 6.28. The van der Waals surface area contributed by atoms with Crippen LogP contribution in [0.15, 0.2) is 24.3 Å². The number of ether oxygens (including phenoxy) is 1. The Labute approximate surface area is 112 Å². The van der Waals surface area contributed by atoms with Gasteiger partial charge in [-0.1, -0.05) is 30.7 Å². The highest BCUT2D eigenvalue weighted by Crippen LogP contribution is 2.25. The molecule has 0 saturated heterocycles. The summed E-state index contributed by atoms with van der Waals surface area (Å²) in [5.41, 5.74) is 2.01. The van der Waals surface area contributed by atoms with Crippen LogP contribution in [-0.2, 0) is 6.54 Å². The molecule has 5 heteroatoms. The molecule has 0 aliphatic heterocycles. The van der Waals surface area contributed by atoms with Crippen LogP contribution in [0.25, 0.3) is 11.3 Å². The Hall–Kier alpha value is -2.35. The van der Waals surface area contributed by atoms with Gasteiger partial charge in [-0.2, -0.15) is 5.26 Å². The molecule has 1 heterocycles. The molecule has 0 saturated carbocycles. The number of hydrogen-bond donors (Lipinski definition) is 0. The second-order valence-corrected chi connectivity index (χ2v) is 4.21. The average molecular weight is 256 g/mol. The van der Waals surface area contributed by atoms with Gasteiger partial charge < -0.3 is 4.74 Å². The lowest BCUT2D eigenvalue weighted by Crippen LogP contribution is -2.02. The van der Waals surface area contributed by atoms with Gasteiger partial charge in [-0.3, -0.25) is 0 Å². The van der Waals surface area contributed by atoms with Crippen LogP contribution >= 0.6 is 0 Å². The zero-order valence-corrected chi connectivity index (χ0v) is 11.1. The first kappa shape index (κ1) is 13.1. The predicted octanol–water partition coefficient (Wildman–Crippen LogP) is 2.63. The van der Waals surface area contributed by atoms with E-state index in [0.717, 1.165) is 36.4 Å². The summed E-state index contributed by atoms with van der Waals surface area (Å²) < 4.78 is 7.00. The van der Waals surface area contributed by atoms with E-state index >= 15 is 0 Å². The maximum absolute atomic E-state index is 9.15. The van der Waals surface area contributed by atoms with Crippen LogP contribution in [0.5, 0.6) is 5.75 Å². The Morgan fingerprint density at radius 2 is 2.26 bits per heavy atom. The molecule has 0 atom stereocenters. The third-order valence-corrected chi connectivity index (χ3v) is 2.91. The van der Waals surface area contributed by atoms with Crippen molar-refractivity contribution < 1.29 is 4.74 Å². The van der Waals surface area contributed by atoms with E-state index in [4.69, 9.17) is 10.00 Å². The average Bonchev–Trinajstić information content (AvgIpc) is 2.88. The quantitative estimate of drug-likeness (QED) is 0.825. The van der Waals surface area contributed by atoms with Gasteiger partial charge in [0.25, 0.3) is 0 Å². The van der Waals surface area contributed by atoms with Gasteiger partial charge in [-0.05, 0) is 18.6 Å². The maximum Gasteiger partial charge on any atom is 0.190 e. The standard InChI is InChI=1S/C14H16N4O/c1-3-4-8-18-14(13(10-15)16-17-18)11-6-5-7-12(9-11)19-2/h5-7,9H,3-4,8H2,1-2H3. The fraction of sp³-hybridized carbons (Fsp3) is 0.357. The summed E-state index contributed by atoms with van der Waals surface area (Å²) in [6.45, 7) is 2.88. The molecular weight excluding hydrogens is 240 g/mol. The highest BCUT2D eigenvalue weighted by molar-refractivity contribution is 5.66. The van der Waals surface area contributed by atoms with E-state index in [0.29, 0.717) is 5.69 Å². The number of nitriles is 1. The van der Waals surface area contributed by atoms with Gasteiger partial charge in [-0.25, -0.2) is 4.68 Å². The van der Waals surface area contributed by atoms with Crippen molar-refractivity contribution in [3.8, 4) is 23.1 Å². The van der Waals surface area contributed by atoms with Crippen molar-refractivity contribution in [2.45, 2.75) is 26.3 Å². The van der Waals surface area contributed by atoms with Crippen molar-refractivity contribution in [3.63, 3.8) is 0 Å². The van der Waals surface area contributed by atoms with Crippen molar-refractivity contribution in [1.82, 2.24) is 15.0 Å². The third kappa shape index (κ3) is 2.74. The Bertz CT molecular complexity index is 598. The van der Waals surface area contributed by atoms with Gasteiger partial charge >= 0.3 is 0 Å². The normalized spacial score (nSPS) is 10.2. The van der Waals surface area contributed by atoms with E-state index in [1.54, 1.807) is 11.8 Å². The zero-order chi connectivity index (χ0) is 13.7. The first-order valence-electron chi connectivity index (χ1n) is 6.28. The smallest absolute Gasteiger partial charge is 0.190 e. The van der Waals surface area contributed by atoms with Crippen LogP contribution < -0.4 is 4.74 Å². The van der Waals surface area contributed by atoms with Gasteiger partial charge in [0.05, 0.1) is 7.11 Å². The van der Waals surface area contributed by atoms with Crippen LogP contribution in [0.1, 0.15) is 25.5 Å². The Morgan fingerprint density at radius 3 is 2.95 bits per heavy atom. The number of rotatable bonds is 5. The SMILES string of the molecule is CCCCn1nnc(C#N)c1-c1cccc(OC)c1. The maximum atomic E-state index is 9.15. The molecule has 19 heavy (non-hydrogen) atoms. The van der Waals surface area contributed by atoms with E-state index in [9.17, 15) is 0 Å². The molecule has 0 radical (unpaired) electrons. The van der Waals surface area contributed by atoms with Gasteiger partial charge in [-0.15, -0.1) is 5.10 Å². The number of benzene rings is 1. The highest BCUT2D eigenvalue weighted by Gasteiger charge is 2.14. The van der Waals surface area contributed by atoms with Crippen LogP contribution in [0.4, 0.5) is 0 Å². The molecule has 2 aromatic rings. The van der Waals surface area contributed by atoms with Crippen molar-refractivity contribution >= 4 is 0 Å². The molecule has 0 amide bonds. The van der Waals surface area contributed by atoms with E-state index in [-0.39, 0.29) is 0 Å². The number of methoxy groups -OCH3 is 1. The Kier molecular flexibility index (Phi) is 4.14. The van der Waals surface area contributed by atoms with Crippen LogP contribution in [0.3, 0.4) is 0 Å². The van der Waals surface area contributed by atoms with Crippen molar-refractivity contribution in [3.05, 3.63) is 30.0 Å². The van der Waals surface area contributed by atoms with E-state index in [1.165, 1.54) is 0 Å². The lowest BCUT2D eigenvalue weighted by Gasteiger charge is -2.07. The van der Waals surface area contributed by atoms with Crippen LogP contribution in [0, 0.1) is 11.3 Å². The molecule has 0 aliphatic carbocycles. The topological polar surface area (TPSA) is 63.7 Å². The second-order valence-electron chi connectivity index (χ2n) is 4.21. The highest BCUT2D eigenvalue weighted by atomic mass is 16.5. The fourth-order valence-electron chi connectivity index (χ4n) is 1.91. The minimum Gasteiger partial charge on any atom is -0.497 e. The molecule has 0 N–H and O–H groups in total. The molecule has 1 aromatic heterocycles. The molecule has 0 bridgehead atoms. The lowest BCUT2D eigenvalue weighted by molar-refractivity contribution is 0.415. The minimum atomic E-state index is 0.351. The summed E-state index contributed by atoms with van der Waals surface area (Å²) in [5, 5.41) is 17.1. The Morgan fingerprint density at radius 1 is 1.42 bits per heavy atom. The van der Waals surface area contributed by atoms with Gasteiger partial charge in [0.1, 0.15) is 17.5 Å². The molecule has 1 aromatic carbocycles. The zero-order valence-electron chi connectivity index (χ0n) is 11.1. The summed E-state index contributed by atoms with van der Waals surface area (Å²) in [6.07, 6.45) is 2.07. The summed E-state index contributed by atoms with van der Waals surface area (Å²) in [4.78, 5) is 0. The van der Waals surface area contributed by atoms with Gasteiger partial charge in [0, 0.05) is 12.1 Å². The molecule has 2 rings (SSSR count). The molecule has 0 unspecified atom stereocenters. The summed E-state index contributed by atoms with van der Waals surface area (Å²) >= 11 is 0. The second kappa shape index (κ2) is 6.01. The van der Waals surface area contributed by atoms with Crippen molar-refractivity contribution in [2.24, 2.45) is 0 Å². The monoisotopic (exact) mass is 256 g/mol. The van der Waals surface area contributed by atoms with Crippen molar-refractivity contribution in [1.29, 1.82) is 5.26 Å². The Balaban J connectivity index is 2.46. The molecule has 5 nitrogen and oxygen atoms in total. The number of aryl methyl sites for hydroxylation is 1. The van der Waals surface area contributed by atoms with Gasteiger partial charge in [0.2, 0.25) is 0 Å². The largest absolute Gasteiger partial charge is 0.497 e. The van der Waals surface area contributed by atoms with E-state index < -0.39 is 0 Å². The molecule has 0 spiro atoms. The summed E-state index contributed by atoms with van der Waals surface area (Å²) in [6, 6.07) is 9.69. The van der Waals surface area contributed by atoms with Crippen molar-refractivity contribution in [2.75, 3.05) is 7.11 Å². The molecule has 0 aliphatic rings. The number of hydrogen-bond acceptors (Lipinski definition) is 4. The minimum absolute atomic E-state index is 0.351.